The summed E-state index contributed by atoms with van der Waals surface area (Å²) in [4.78, 5) is 0. The summed E-state index contributed by atoms with van der Waals surface area (Å²) in [5.74, 6) is 0.964. The van der Waals surface area contributed by atoms with Gasteiger partial charge in [-0.15, -0.1) is 0 Å². The smallest absolute Gasteiger partial charge is 0.124 e. The van der Waals surface area contributed by atoms with E-state index in [1.165, 1.54) is 16.7 Å². The van der Waals surface area contributed by atoms with Crippen molar-refractivity contribution < 1.29 is 4.74 Å². The summed E-state index contributed by atoms with van der Waals surface area (Å²) in [5.41, 5.74) is 3.60. The Kier molecular flexibility index (Phi) is 4.21. The number of hydrogen-bond donors (Lipinski definition) is 0. The maximum absolute atomic E-state index is 5.86. The van der Waals surface area contributed by atoms with Crippen LogP contribution in [-0.4, -0.2) is 0 Å². The molecule has 1 nitrogen and oxygen atoms in total. The number of benzene rings is 2. The molecule has 2 aromatic carbocycles. The summed E-state index contributed by atoms with van der Waals surface area (Å²) in [6.45, 7) is 2.69. The minimum Gasteiger partial charge on any atom is -0.489 e. The Hall–Kier alpha value is -1.28. The van der Waals surface area contributed by atoms with Crippen molar-refractivity contribution in [2.24, 2.45) is 0 Å². The molecule has 0 aliphatic heterocycles. The molecule has 0 radical (unpaired) electrons. The number of ether oxygens (including phenoxy) is 1. The van der Waals surface area contributed by atoms with Gasteiger partial charge in [0.15, 0.2) is 0 Å². The lowest BCUT2D eigenvalue weighted by atomic mass is 10.1. The minimum absolute atomic E-state index is 0.615. The topological polar surface area (TPSA) is 9.23 Å². The van der Waals surface area contributed by atoms with Crippen LogP contribution >= 0.6 is 15.9 Å². The maximum Gasteiger partial charge on any atom is 0.124 e. The van der Waals surface area contributed by atoms with Crippen LogP contribution in [0.15, 0.2) is 48.5 Å². The van der Waals surface area contributed by atoms with Crippen molar-refractivity contribution in [3.05, 3.63) is 65.2 Å². The molecule has 0 N–H and O–H groups in total. The molecular weight excluding hydrogens is 276 g/mol. The van der Waals surface area contributed by atoms with Crippen molar-refractivity contribution >= 4 is 15.9 Å². The van der Waals surface area contributed by atoms with E-state index in [-0.39, 0.29) is 0 Å². The van der Waals surface area contributed by atoms with Gasteiger partial charge in [0.05, 0.1) is 0 Å². The lowest BCUT2D eigenvalue weighted by molar-refractivity contribution is 0.304. The van der Waals surface area contributed by atoms with E-state index in [4.69, 9.17) is 4.74 Å². The van der Waals surface area contributed by atoms with Crippen LogP contribution < -0.4 is 4.74 Å². The highest BCUT2D eigenvalue weighted by Gasteiger charge is 2.03. The summed E-state index contributed by atoms with van der Waals surface area (Å²) in [6, 6.07) is 16.5. The summed E-state index contributed by atoms with van der Waals surface area (Å²) in [5, 5.41) is 0.817. The molecule has 0 aliphatic carbocycles. The van der Waals surface area contributed by atoms with Gasteiger partial charge >= 0.3 is 0 Å². The fourth-order valence-corrected chi connectivity index (χ4v) is 2.11. The highest BCUT2D eigenvalue weighted by molar-refractivity contribution is 9.08. The molecule has 0 bridgehead atoms. The molecule has 17 heavy (non-hydrogen) atoms. The highest BCUT2D eigenvalue weighted by Crippen LogP contribution is 2.23. The molecule has 0 heterocycles. The molecule has 0 unspecified atom stereocenters. The van der Waals surface area contributed by atoms with Gasteiger partial charge in [0.2, 0.25) is 0 Å². The monoisotopic (exact) mass is 290 g/mol. The van der Waals surface area contributed by atoms with Crippen LogP contribution in [0.2, 0.25) is 0 Å². The zero-order valence-electron chi connectivity index (χ0n) is 9.82. The number of halogens is 1. The van der Waals surface area contributed by atoms with E-state index >= 15 is 0 Å². The van der Waals surface area contributed by atoms with Gasteiger partial charge in [-0.3, -0.25) is 0 Å². The fourth-order valence-electron chi connectivity index (χ4n) is 1.64. The fraction of sp³-hybridized carbons (Fsp3) is 0.200. The van der Waals surface area contributed by atoms with Crippen molar-refractivity contribution in [3.63, 3.8) is 0 Å². The molecule has 0 aromatic heterocycles. The molecule has 0 spiro atoms. The third-order valence-electron chi connectivity index (χ3n) is 2.60. The third-order valence-corrected chi connectivity index (χ3v) is 3.21. The molecule has 2 rings (SSSR count). The van der Waals surface area contributed by atoms with E-state index in [0.717, 1.165) is 11.1 Å². The summed E-state index contributed by atoms with van der Waals surface area (Å²) < 4.78 is 5.86. The first-order chi connectivity index (χ1) is 8.29. The van der Waals surface area contributed by atoms with Crippen LogP contribution in [-0.2, 0) is 11.9 Å². The second-order valence-corrected chi connectivity index (χ2v) is 4.58. The number of alkyl halides is 1. The van der Waals surface area contributed by atoms with Gasteiger partial charge in [0, 0.05) is 10.9 Å². The largest absolute Gasteiger partial charge is 0.489 e. The lowest BCUT2D eigenvalue weighted by Crippen LogP contribution is -1.98. The van der Waals surface area contributed by atoms with Gasteiger partial charge in [-0.05, 0) is 24.1 Å². The van der Waals surface area contributed by atoms with Crippen LogP contribution in [0.1, 0.15) is 16.7 Å². The predicted octanol–water partition coefficient (Wildman–Crippen LogP) is 4.47. The van der Waals surface area contributed by atoms with Crippen molar-refractivity contribution in [3.8, 4) is 5.75 Å². The lowest BCUT2D eigenvalue weighted by Gasteiger charge is -2.11. The SMILES string of the molecule is Cc1ccc(CBr)c(OCc2ccccc2)c1. The van der Waals surface area contributed by atoms with E-state index in [2.05, 4.69) is 53.2 Å². The number of aryl methyl sites for hydroxylation is 1. The third kappa shape index (κ3) is 3.34. The van der Waals surface area contributed by atoms with Crippen LogP contribution in [0.3, 0.4) is 0 Å². The number of hydrogen-bond acceptors (Lipinski definition) is 1. The average Bonchev–Trinajstić information content (AvgIpc) is 2.38. The van der Waals surface area contributed by atoms with Gasteiger partial charge in [0.25, 0.3) is 0 Å². The summed E-state index contributed by atoms with van der Waals surface area (Å²) in [7, 11) is 0. The first kappa shape index (κ1) is 12.2. The highest BCUT2D eigenvalue weighted by atomic mass is 79.9. The standard InChI is InChI=1S/C15H15BrO/c1-12-7-8-14(10-16)15(9-12)17-11-13-5-3-2-4-6-13/h2-9H,10-11H2,1H3. The molecule has 0 aliphatic rings. The van der Waals surface area contributed by atoms with Gasteiger partial charge in [-0.25, -0.2) is 0 Å². The first-order valence-corrected chi connectivity index (χ1v) is 6.74. The van der Waals surface area contributed by atoms with Crippen molar-refractivity contribution in [1.82, 2.24) is 0 Å². The van der Waals surface area contributed by atoms with E-state index in [1.807, 2.05) is 18.2 Å². The maximum atomic E-state index is 5.86. The normalized spacial score (nSPS) is 10.2. The molecule has 0 atom stereocenters. The van der Waals surface area contributed by atoms with Crippen molar-refractivity contribution in [1.29, 1.82) is 0 Å². The molecule has 0 saturated heterocycles. The Morgan fingerprint density at radius 3 is 2.53 bits per heavy atom. The Morgan fingerprint density at radius 1 is 1.06 bits per heavy atom. The quantitative estimate of drug-likeness (QED) is 0.755. The molecular formula is C15H15BrO. The molecule has 0 fully saturated rings. The number of rotatable bonds is 4. The molecule has 88 valence electrons. The second kappa shape index (κ2) is 5.87. The summed E-state index contributed by atoms with van der Waals surface area (Å²) in [6.07, 6.45) is 0. The minimum atomic E-state index is 0.615. The summed E-state index contributed by atoms with van der Waals surface area (Å²) >= 11 is 3.48. The van der Waals surface area contributed by atoms with E-state index in [9.17, 15) is 0 Å². The van der Waals surface area contributed by atoms with Crippen LogP contribution in [0, 0.1) is 6.92 Å². The zero-order chi connectivity index (χ0) is 12.1. The Labute approximate surface area is 111 Å². The predicted molar refractivity (Wildman–Crippen MR) is 74.6 cm³/mol. The van der Waals surface area contributed by atoms with Crippen LogP contribution in [0.4, 0.5) is 0 Å². The van der Waals surface area contributed by atoms with E-state index < -0.39 is 0 Å². The van der Waals surface area contributed by atoms with Crippen molar-refractivity contribution in [2.45, 2.75) is 18.9 Å². The van der Waals surface area contributed by atoms with Gasteiger partial charge < -0.3 is 4.74 Å². The molecule has 0 saturated carbocycles. The Morgan fingerprint density at radius 2 is 1.82 bits per heavy atom. The van der Waals surface area contributed by atoms with E-state index in [0.29, 0.717) is 6.61 Å². The van der Waals surface area contributed by atoms with Gasteiger partial charge in [-0.1, -0.05) is 58.4 Å². The zero-order valence-corrected chi connectivity index (χ0v) is 11.4. The Balaban J connectivity index is 2.11. The average molecular weight is 291 g/mol. The molecule has 2 aromatic rings. The van der Waals surface area contributed by atoms with Gasteiger partial charge in [0.1, 0.15) is 12.4 Å². The van der Waals surface area contributed by atoms with Gasteiger partial charge in [-0.2, -0.15) is 0 Å². The van der Waals surface area contributed by atoms with Crippen LogP contribution in [0.25, 0.3) is 0 Å². The second-order valence-electron chi connectivity index (χ2n) is 4.02. The molecule has 0 amide bonds. The molecule has 2 heteroatoms. The van der Waals surface area contributed by atoms with Crippen molar-refractivity contribution in [2.75, 3.05) is 0 Å². The van der Waals surface area contributed by atoms with E-state index in [1.54, 1.807) is 0 Å². The van der Waals surface area contributed by atoms with Crippen LogP contribution in [0.5, 0.6) is 5.75 Å². The first-order valence-electron chi connectivity index (χ1n) is 5.62. The Bertz CT molecular complexity index is 480.